The average molecular weight is 327 g/mol. The Hall–Kier alpha value is -3.02. The molecule has 0 saturated carbocycles. The summed E-state index contributed by atoms with van der Waals surface area (Å²) in [7, 11) is 1.29. The molecule has 3 rings (SSSR count). The Morgan fingerprint density at radius 2 is 1.62 bits per heavy atom. The molecule has 0 bridgehead atoms. The molecular formula is C18H17NO5. The first kappa shape index (κ1) is 15.9. The van der Waals surface area contributed by atoms with E-state index < -0.39 is 24.1 Å². The van der Waals surface area contributed by atoms with Gasteiger partial charge in [0.05, 0.1) is 18.4 Å². The SMILES string of the molecule is COC(=O)c1ccccc1NC(=O)[C@H]1Oc2ccccc2O[C@H]1C. The maximum Gasteiger partial charge on any atom is 0.339 e. The van der Waals surface area contributed by atoms with Gasteiger partial charge in [0.15, 0.2) is 11.5 Å². The molecule has 0 spiro atoms. The van der Waals surface area contributed by atoms with Crippen molar-refractivity contribution in [3.05, 3.63) is 54.1 Å². The van der Waals surface area contributed by atoms with Crippen molar-refractivity contribution in [1.82, 2.24) is 0 Å². The number of esters is 1. The van der Waals surface area contributed by atoms with E-state index in [1.807, 2.05) is 6.07 Å². The molecule has 0 aromatic heterocycles. The van der Waals surface area contributed by atoms with Crippen molar-refractivity contribution in [3.8, 4) is 11.5 Å². The molecular weight excluding hydrogens is 310 g/mol. The molecule has 124 valence electrons. The van der Waals surface area contributed by atoms with Crippen LogP contribution in [0.3, 0.4) is 0 Å². The van der Waals surface area contributed by atoms with E-state index in [1.165, 1.54) is 7.11 Å². The summed E-state index contributed by atoms with van der Waals surface area (Å²) in [6.07, 6.45) is -1.30. The highest BCUT2D eigenvalue weighted by Gasteiger charge is 2.34. The lowest BCUT2D eigenvalue weighted by Gasteiger charge is -2.31. The van der Waals surface area contributed by atoms with E-state index in [1.54, 1.807) is 49.4 Å². The van der Waals surface area contributed by atoms with Crippen LogP contribution in [0.4, 0.5) is 5.69 Å². The molecule has 1 aliphatic rings. The number of methoxy groups -OCH3 is 1. The van der Waals surface area contributed by atoms with Gasteiger partial charge in [0.2, 0.25) is 6.10 Å². The fourth-order valence-electron chi connectivity index (χ4n) is 2.49. The molecule has 24 heavy (non-hydrogen) atoms. The monoisotopic (exact) mass is 327 g/mol. The van der Waals surface area contributed by atoms with Crippen LogP contribution in [0.25, 0.3) is 0 Å². The summed E-state index contributed by atoms with van der Waals surface area (Å²) in [5.74, 6) is 0.194. The molecule has 0 aliphatic carbocycles. The van der Waals surface area contributed by atoms with Gasteiger partial charge in [-0.25, -0.2) is 4.79 Å². The summed E-state index contributed by atoms with van der Waals surface area (Å²) in [5.41, 5.74) is 0.641. The smallest absolute Gasteiger partial charge is 0.339 e. The number of benzene rings is 2. The first-order valence-corrected chi connectivity index (χ1v) is 7.50. The Kier molecular flexibility index (Phi) is 4.37. The molecule has 0 fully saturated rings. The summed E-state index contributed by atoms with van der Waals surface area (Å²) >= 11 is 0. The van der Waals surface area contributed by atoms with Crippen LogP contribution in [0.15, 0.2) is 48.5 Å². The number of carbonyl (C=O) groups excluding carboxylic acids is 2. The fraction of sp³-hybridized carbons (Fsp3) is 0.222. The highest BCUT2D eigenvalue weighted by Crippen LogP contribution is 2.33. The zero-order chi connectivity index (χ0) is 17.1. The maximum absolute atomic E-state index is 12.6. The van der Waals surface area contributed by atoms with E-state index >= 15 is 0 Å². The molecule has 1 heterocycles. The standard InChI is InChI=1S/C18H17NO5/c1-11-16(24-15-10-6-5-9-14(15)23-11)17(20)19-13-8-4-3-7-12(13)18(21)22-2/h3-11,16H,1-2H3,(H,19,20)/t11-,16-/m0/s1. The number of anilines is 1. The normalized spacial score (nSPS) is 18.6. The fourth-order valence-corrected chi connectivity index (χ4v) is 2.49. The number of carbonyl (C=O) groups is 2. The van der Waals surface area contributed by atoms with Crippen molar-refractivity contribution >= 4 is 17.6 Å². The van der Waals surface area contributed by atoms with Crippen molar-refractivity contribution in [1.29, 1.82) is 0 Å². The van der Waals surface area contributed by atoms with Gasteiger partial charge in [0.1, 0.15) is 6.10 Å². The van der Waals surface area contributed by atoms with Gasteiger partial charge in [-0.1, -0.05) is 24.3 Å². The van der Waals surface area contributed by atoms with Crippen LogP contribution in [0.2, 0.25) is 0 Å². The Morgan fingerprint density at radius 1 is 1.00 bits per heavy atom. The predicted molar refractivity (Wildman–Crippen MR) is 87.4 cm³/mol. The summed E-state index contributed by atoms with van der Waals surface area (Å²) in [6, 6.07) is 13.8. The minimum absolute atomic E-state index is 0.276. The van der Waals surface area contributed by atoms with Gasteiger partial charge in [-0.3, -0.25) is 4.79 Å². The summed E-state index contributed by atoms with van der Waals surface area (Å²) in [5, 5.41) is 2.71. The Balaban J connectivity index is 1.80. The van der Waals surface area contributed by atoms with Crippen molar-refractivity contribution in [2.45, 2.75) is 19.1 Å². The summed E-state index contributed by atoms with van der Waals surface area (Å²) < 4.78 is 16.2. The first-order chi connectivity index (χ1) is 11.6. The van der Waals surface area contributed by atoms with Crippen LogP contribution < -0.4 is 14.8 Å². The number of hydrogen-bond acceptors (Lipinski definition) is 5. The molecule has 0 radical (unpaired) electrons. The van der Waals surface area contributed by atoms with Crippen LogP contribution in [-0.2, 0) is 9.53 Å². The minimum Gasteiger partial charge on any atom is -0.482 e. The van der Waals surface area contributed by atoms with Crippen LogP contribution >= 0.6 is 0 Å². The van der Waals surface area contributed by atoms with Gasteiger partial charge in [0, 0.05) is 0 Å². The number of fused-ring (bicyclic) bond motifs is 1. The Morgan fingerprint density at radius 3 is 2.33 bits per heavy atom. The van der Waals surface area contributed by atoms with Gasteiger partial charge < -0.3 is 19.5 Å². The van der Waals surface area contributed by atoms with Crippen molar-refractivity contribution in [3.63, 3.8) is 0 Å². The zero-order valence-electron chi connectivity index (χ0n) is 13.3. The lowest BCUT2D eigenvalue weighted by atomic mass is 10.1. The number of nitrogens with one attached hydrogen (secondary N) is 1. The van der Waals surface area contributed by atoms with Crippen molar-refractivity contribution in [2.75, 3.05) is 12.4 Å². The van der Waals surface area contributed by atoms with Crippen LogP contribution in [0.5, 0.6) is 11.5 Å². The molecule has 1 amide bonds. The molecule has 1 N–H and O–H groups in total. The van der Waals surface area contributed by atoms with Gasteiger partial charge in [-0.2, -0.15) is 0 Å². The third-order valence-electron chi connectivity index (χ3n) is 3.69. The largest absolute Gasteiger partial charge is 0.482 e. The highest BCUT2D eigenvalue weighted by atomic mass is 16.6. The molecule has 6 nitrogen and oxygen atoms in total. The summed E-state index contributed by atoms with van der Waals surface area (Å²) in [4.78, 5) is 24.4. The topological polar surface area (TPSA) is 73.9 Å². The van der Waals surface area contributed by atoms with E-state index in [0.717, 1.165) is 0 Å². The number of rotatable bonds is 3. The zero-order valence-corrected chi connectivity index (χ0v) is 13.3. The quantitative estimate of drug-likeness (QED) is 0.877. The van der Waals surface area contributed by atoms with E-state index in [0.29, 0.717) is 17.2 Å². The number of para-hydroxylation sites is 3. The minimum atomic E-state index is -0.828. The Labute approximate surface area is 139 Å². The van der Waals surface area contributed by atoms with E-state index in [-0.39, 0.29) is 5.56 Å². The highest BCUT2D eigenvalue weighted by molar-refractivity contribution is 6.02. The second kappa shape index (κ2) is 6.62. The molecule has 2 aromatic rings. The van der Waals surface area contributed by atoms with E-state index in [2.05, 4.69) is 5.32 Å². The molecule has 0 unspecified atom stereocenters. The molecule has 6 heteroatoms. The Bertz CT molecular complexity index is 774. The average Bonchev–Trinajstić information content (AvgIpc) is 2.60. The third kappa shape index (κ3) is 3.03. The predicted octanol–water partition coefficient (Wildman–Crippen LogP) is 2.64. The second-order valence-corrected chi connectivity index (χ2v) is 5.33. The van der Waals surface area contributed by atoms with Crippen LogP contribution in [0.1, 0.15) is 17.3 Å². The summed E-state index contributed by atoms with van der Waals surface area (Å²) in [6.45, 7) is 1.76. The first-order valence-electron chi connectivity index (χ1n) is 7.50. The van der Waals surface area contributed by atoms with Crippen molar-refractivity contribution < 1.29 is 23.8 Å². The van der Waals surface area contributed by atoms with Gasteiger partial charge in [-0.15, -0.1) is 0 Å². The van der Waals surface area contributed by atoms with E-state index in [9.17, 15) is 9.59 Å². The van der Waals surface area contributed by atoms with Gasteiger partial charge in [0.25, 0.3) is 5.91 Å². The molecule has 1 aliphatic heterocycles. The third-order valence-corrected chi connectivity index (χ3v) is 3.69. The lowest BCUT2D eigenvalue weighted by molar-refractivity contribution is -0.128. The van der Waals surface area contributed by atoms with Gasteiger partial charge in [-0.05, 0) is 31.2 Å². The molecule has 2 atom stereocenters. The number of amides is 1. The van der Waals surface area contributed by atoms with Crippen LogP contribution in [-0.4, -0.2) is 31.2 Å². The van der Waals surface area contributed by atoms with Crippen LogP contribution in [0, 0.1) is 0 Å². The molecule has 2 aromatic carbocycles. The van der Waals surface area contributed by atoms with Crippen molar-refractivity contribution in [2.24, 2.45) is 0 Å². The van der Waals surface area contributed by atoms with Gasteiger partial charge >= 0.3 is 5.97 Å². The second-order valence-electron chi connectivity index (χ2n) is 5.33. The molecule has 0 saturated heterocycles. The maximum atomic E-state index is 12.6. The lowest BCUT2D eigenvalue weighted by Crippen LogP contribution is -2.46. The number of ether oxygens (including phenoxy) is 3. The van der Waals surface area contributed by atoms with E-state index in [4.69, 9.17) is 14.2 Å². The number of hydrogen-bond donors (Lipinski definition) is 1.